The van der Waals surface area contributed by atoms with E-state index in [1.165, 1.54) is 12.1 Å². The first kappa shape index (κ1) is 19.0. The molecule has 3 rings (SSSR count). The van der Waals surface area contributed by atoms with Gasteiger partial charge in [-0.1, -0.05) is 0 Å². The van der Waals surface area contributed by atoms with Crippen LogP contribution in [0.3, 0.4) is 0 Å². The van der Waals surface area contributed by atoms with E-state index in [0.29, 0.717) is 6.54 Å². The van der Waals surface area contributed by atoms with Gasteiger partial charge in [-0.15, -0.1) is 0 Å². The lowest BCUT2D eigenvalue weighted by atomic mass is 10.1. The molecule has 5 nitrogen and oxygen atoms in total. The summed E-state index contributed by atoms with van der Waals surface area (Å²) in [6.45, 7) is 3.78. The molecule has 0 aromatic heterocycles. The molecule has 0 unspecified atom stereocenters. The van der Waals surface area contributed by atoms with Crippen LogP contribution in [0.2, 0.25) is 0 Å². The van der Waals surface area contributed by atoms with E-state index in [2.05, 4.69) is 15.1 Å². The molecule has 0 radical (unpaired) electrons. The molecule has 27 heavy (non-hydrogen) atoms. The van der Waals surface area contributed by atoms with Gasteiger partial charge in [0.1, 0.15) is 17.2 Å². The number of nitrogens with one attached hydrogen (secondary N) is 1. The SMILES string of the molecule is O=C(NCCN1CCN(c2ccc(F)cc2)CC1)c1c(F)ccc(O)c1F. The van der Waals surface area contributed by atoms with Crippen LogP contribution in [-0.4, -0.2) is 55.2 Å². The largest absolute Gasteiger partial charge is 0.505 e. The third-order valence-electron chi connectivity index (χ3n) is 4.58. The molecular formula is C19H20F3N3O2. The van der Waals surface area contributed by atoms with Crippen molar-refractivity contribution in [2.45, 2.75) is 0 Å². The molecule has 0 spiro atoms. The van der Waals surface area contributed by atoms with Crippen molar-refractivity contribution in [2.24, 2.45) is 0 Å². The predicted octanol–water partition coefficient (Wildman–Crippen LogP) is 2.36. The zero-order valence-electron chi connectivity index (χ0n) is 14.6. The lowest BCUT2D eigenvalue weighted by Gasteiger charge is -2.36. The van der Waals surface area contributed by atoms with E-state index in [9.17, 15) is 23.1 Å². The Morgan fingerprint density at radius 1 is 1.00 bits per heavy atom. The minimum absolute atomic E-state index is 0.226. The summed E-state index contributed by atoms with van der Waals surface area (Å²) in [4.78, 5) is 16.3. The minimum Gasteiger partial charge on any atom is -0.505 e. The van der Waals surface area contributed by atoms with E-state index >= 15 is 0 Å². The van der Waals surface area contributed by atoms with Crippen molar-refractivity contribution < 1.29 is 23.1 Å². The first-order valence-electron chi connectivity index (χ1n) is 8.64. The van der Waals surface area contributed by atoms with Crippen molar-refractivity contribution in [3.8, 4) is 5.75 Å². The average Bonchev–Trinajstić information content (AvgIpc) is 2.66. The van der Waals surface area contributed by atoms with Gasteiger partial charge in [0.05, 0.1) is 0 Å². The zero-order valence-corrected chi connectivity index (χ0v) is 14.6. The van der Waals surface area contributed by atoms with Crippen LogP contribution in [0, 0.1) is 17.5 Å². The highest BCUT2D eigenvalue weighted by atomic mass is 19.1. The molecule has 1 heterocycles. The molecule has 0 atom stereocenters. The van der Waals surface area contributed by atoms with Gasteiger partial charge in [-0.2, -0.15) is 0 Å². The summed E-state index contributed by atoms with van der Waals surface area (Å²) in [5.74, 6) is -4.21. The molecule has 1 aliphatic rings. The van der Waals surface area contributed by atoms with E-state index in [1.54, 1.807) is 12.1 Å². The van der Waals surface area contributed by atoms with E-state index in [0.717, 1.165) is 44.0 Å². The number of phenols is 1. The molecule has 8 heteroatoms. The molecular weight excluding hydrogens is 359 g/mol. The van der Waals surface area contributed by atoms with Crippen molar-refractivity contribution in [2.75, 3.05) is 44.2 Å². The fraction of sp³-hybridized carbons (Fsp3) is 0.316. The van der Waals surface area contributed by atoms with Crippen molar-refractivity contribution >= 4 is 11.6 Å². The summed E-state index contributed by atoms with van der Waals surface area (Å²) >= 11 is 0. The van der Waals surface area contributed by atoms with E-state index < -0.39 is 28.9 Å². The van der Waals surface area contributed by atoms with Crippen molar-refractivity contribution in [3.63, 3.8) is 0 Å². The number of aromatic hydroxyl groups is 1. The Morgan fingerprint density at radius 2 is 1.67 bits per heavy atom. The van der Waals surface area contributed by atoms with Gasteiger partial charge in [0, 0.05) is 45.0 Å². The van der Waals surface area contributed by atoms with Gasteiger partial charge in [-0.3, -0.25) is 9.69 Å². The maximum atomic E-state index is 13.7. The van der Waals surface area contributed by atoms with Crippen molar-refractivity contribution in [1.82, 2.24) is 10.2 Å². The maximum Gasteiger partial charge on any atom is 0.257 e. The number of anilines is 1. The van der Waals surface area contributed by atoms with Crippen LogP contribution < -0.4 is 10.2 Å². The van der Waals surface area contributed by atoms with Crippen LogP contribution >= 0.6 is 0 Å². The van der Waals surface area contributed by atoms with Crippen LogP contribution in [0.15, 0.2) is 36.4 Å². The Labute approximate surface area is 155 Å². The third-order valence-corrected chi connectivity index (χ3v) is 4.58. The number of hydrogen-bond donors (Lipinski definition) is 2. The highest BCUT2D eigenvalue weighted by molar-refractivity contribution is 5.95. The van der Waals surface area contributed by atoms with Gasteiger partial charge in [0.25, 0.3) is 5.91 Å². The van der Waals surface area contributed by atoms with E-state index in [1.807, 2.05) is 0 Å². The Kier molecular flexibility index (Phi) is 5.85. The van der Waals surface area contributed by atoms with Gasteiger partial charge in [-0.05, 0) is 36.4 Å². The number of rotatable bonds is 5. The lowest BCUT2D eigenvalue weighted by Crippen LogP contribution is -2.48. The Morgan fingerprint density at radius 3 is 2.33 bits per heavy atom. The van der Waals surface area contributed by atoms with Crippen LogP contribution in [0.25, 0.3) is 0 Å². The summed E-state index contributed by atoms with van der Waals surface area (Å²) in [7, 11) is 0. The normalized spacial score (nSPS) is 15.0. The second-order valence-electron chi connectivity index (χ2n) is 6.32. The lowest BCUT2D eigenvalue weighted by molar-refractivity contribution is 0.0938. The topological polar surface area (TPSA) is 55.8 Å². The molecule has 2 aromatic rings. The highest BCUT2D eigenvalue weighted by Gasteiger charge is 2.21. The number of halogens is 3. The minimum atomic E-state index is -1.26. The second kappa shape index (κ2) is 8.30. The zero-order chi connectivity index (χ0) is 19.4. The van der Waals surface area contributed by atoms with Crippen LogP contribution in [0.1, 0.15) is 10.4 Å². The van der Waals surface area contributed by atoms with Crippen LogP contribution in [-0.2, 0) is 0 Å². The number of carbonyl (C=O) groups is 1. The molecule has 2 N–H and O–H groups in total. The summed E-state index contributed by atoms with van der Waals surface area (Å²) in [5, 5.41) is 11.8. The van der Waals surface area contributed by atoms with Crippen LogP contribution in [0.4, 0.5) is 18.9 Å². The van der Waals surface area contributed by atoms with Crippen molar-refractivity contribution in [3.05, 3.63) is 59.4 Å². The first-order chi connectivity index (χ1) is 13.0. The summed E-state index contributed by atoms with van der Waals surface area (Å²) in [6, 6.07) is 8.05. The molecule has 1 saturated heterocycles. The molecule has 1 fully saturated rings. The Balaban J connectivity index is 1.46. The standard InChI is InChI=1S/C19H20F3N3O2/c20-13-1-3-14(4-2-13)25-11-9-24(10-12-25)8-7-23-19(27)17-15(21)5-6-16(26)18(17)22/h1-6,26H,7-12H2,(H,23,27). The Bertz CT molecular complexity index is 807. The number of carbonyl (C=O) groups excluding carboxylic acids is 1. The highest BCUT2D eigenvalue weighted by Crippen LogP contribution is 2.21. The number of nitrogens with zero attached hydrogens (tertiary/aromatic N) is 2. The predicted molar refractivity (Wildman–Crippen MR) is 95.4 cm³/mol. The van der Waals surface area contributed by atoms with Gasteiger partial charge in [0.15, 0.2) is 11.6 Å². The molecule has 1 amide bonds. The molecule has 144 valence electrons. The Hall–Kier alpha value is -2.74. The summed E-state index contributed by atoms with van der Waals surface area (Å²) < 4.78 is 40.4. The fourth-order valence-electron chi connectivity index (χ4n) is 3.05. The van der Waals surface area contributed by atoms with Gasteiger partial charge < -0.3 is 15.3 Å². The number of benzene rings is 2. The third kappa shape index (κ3) is 4.51. The van der Waals surface area contributed by atoms with Gasteiger partial charge in [0.2, 0.25) is 0 Å². The smallest absolute Gasteiger partial charge is 0.257 e. The molecule has 0 saturated carbocycles. The number of phenolic OH excluding ortho intramolecular Hbond substituents is 1. The average molecular weight is 379 g/mol. The monoisotopic (exact) mass is 379 g/mol. The number of hydrogen-bond acceptors (Lipinski definition) is 4. The molecule has 0 bridgehead atoms. The maximum absolute atomic E-state index is 13.7. The van der Waals surface area contributed by atoms with Crippen molar-refractivity contribution in [1.29, 1.82) is 0 Å². The van der Waals surface area contributed by atoms with Crippen LogP contribution in [0.5, 0.6) is 5.75 Å². The van der Waals surface area contributed by atoms with Gasteiger partial charge in [-0.25, -0.2) is 13.2 Å². The van der Waals surface area contributed by atoms with E-state index in [-0.39, 0.29) is 12.4 Å². The van der Waals surface area contributed by atoms with Gasteiger partial charge >= 0.3 is 0 Å². The summed E-state index contributed by atoms with van der Waals surface area (Å²) in [6.07, 6.45) is 0. The quantitative estimate of drug-likeness (QED) is 0.838. The first-order valence-corrected chi connectivity index (χ1v) is 8.64. The molecule has 0 aliphatic carbocycles. The number of piperazine rings is 1. The van der Waals surface area contributed by atoms with E-state index in [4.69, 9.17) is 0 Å². The molecule has 2 aromatic carbocycles. The number of amides is 1. The molecule has 1 aliphatic heterocycles. The summed E-state index contributed by atoms with van der Waals surface area (Å²) in [5.41, 5.74) is 0.176. The second-order valence-corrected chi connectivity index (χ2v) is 6.32. The fourth-order valence-corrected chi connectivity index (χ4v) is 3.05.